The third kappa shape index (κ3) is 3.03. The summed E-state index contributed by atoms with van der Waals surface area (Å²) in [7, 11) is 0. The van der Waals surface area contributed by atoms with Crippen LogP contribution in [0.3, 0.4) is 0 Å². The molecule has 1 aromatic carbocycles. The van der Waals surface area contributed by atoms with Crippen molar-refractivity contribution in [3.63, 3.8) is 0 Å². The third-order valence-corrected chi connectivity index (χ3v) is 4.10. The zero-order valence-corrected chi connectivity index (χ0v) is 13.3. The van der Waals surface area contributed by atoms with Gasteiger partial charge in [-0.1, -0.05) is 12.2 Å². The van der Waals surface area contributed by atoms with Gasteiger partial charge in [0.2, 0.25) is 6.79 Å². The molecule has 130 valence electrons. The summed E-state index contributed by atoms with van der Waals surface area (Å²) in [6.45, 7) is 0.819. The molecule has 2 aromatic rings. The number of hydrogen-bond acceptors (Lipinski definition) is 6. The van der Waals surface area contributed by atoms with Gasteiger partial charge in [0.05, 0.1) is 18.3 Å². The van der Waals surface area contributed by atoms with Gasteiger partial charge in [0, 0.05) is 12.6 Å². The molecule has 1 aromatic heterocycles. The molecule has 2 aliphatic heterocycles. The van der Waals surface area contributed by atoms with Crippen LogP contribution in [0.15, 0.2) is 36.4 Å². The van der Waals surface area contributed by atoms with Gasteiger partial charge in [-0.3, -0.25) is 9.89 Å². The maximum absolute atomic E-state index is 12.5. The Hall–Kier alpha value is -3.00. The van der Waals surface area contributed by atoms with Crippen molar-refractivity contribution in [3.05, 3.63) is 47.8 Å². The highest BCUT2D eigenvalue weighted by molar-refractivity contribution is 5.93. The number of nitrogens with one attached hydrogen (secondary N) is 1. The van der Waals surface area contributed by atoms with Crippen molar-refractivity contribution in [2.75, 3.05) is 19.9 Å². The summed E-state index contributed by atoms with van der Waals surface area (Å²) in [5.74, 6) is 1.75. The molecule has 0 fully saturated rings. The van der Waals surface area contributed by atoms with Gasteiger partial charge >= 0.3 is 0 Å². The maximum atomic E-state index is 12.5. The van der Waals surface area contributed by atoms with Gasteiger partial charge < -0.3 is 24.2 Å². The maximum Gasteiger partial charge on any atom is 0.275 e. The van der Waals surface area contributed by atoms with Gasteiger partial charge in [-0.2, -0.15) is 5.10 Å². The molecule has 1 amide bonds. The van der Waals surface area contributed by atoms with Crippen LogP contribution in [-0.2, 0) is 6.61 Å². The van der Waals surface area contributed by atoms with E-state index >= 15 is 0 Å². The first kappa shape index (κ1) is 15.5. The van der Waals surface area contributed by atoms with E-state index in [4.69, 9.17) is 14.2 Å². The second-order valence-electron chi connectivity index (χ2n) is 5.72. The Morgan fingerprint density at radius 2 is 2.24 bits per heavy atom. The predicted octanol–water partition coefficient (Wildman–Crippen LogP) is 1.09. The zero-order chi connectivity index (χ0) is 17.2. The Balaban J connectivity index is 1.39. The second-order valence-corrected chi connectivity index (χ2v) is 5.72. The Morgan fingerprint density at radius 3 is 3.12 bits per heavy atom. The van der Waals surface area contributed by atoms with Gasteiger partial charge in [-0.15, -0.1) is 0 Å². The van der Waals surface area contributed by atoms with Gasteiger partial charge in [-0.05, 0) is 18.2 Å². The molecule has 3 heterocycles. The van der Waals surface area contributed by atoms with Crippen LogP contribution in [0.25, 0.3) is 0 Å². The molecule has 0 saturated heterocycles. The van der Waals surface area contributed by atoms with Crippen LogP contribution in [0.5, 0.6) is 17.2 Å². The summed E-state index contributed by atoms with van der Waals surface area (Å²) in [6.07, 6.45) is 3.67. The summed E-state index contributed by atoms with van der Waals surface area (Å²) in [5.41, 5.74) is 0.972. The molecule has 4 rings (SSSR count). The number of aliphatic hydroxyl groups excluding tert-OH is 1. The van der Waals surface area contributed by atoms with E-state index in [0.29, 0.717) is 35.2 Å². The highest BCUT2D eigenvalue weighted by Gasteiger charge is 2.26. The predicted molar refractivity (Wildman–Crippen MR) is 86.5 cm³/mol. The van der Waals surface area contributed by atoms with Gasteiger partial charge in [0.25, 0.3) is 5.91 Å². The van der Waals surface area contributed by atoms with E-state index in [0.717, 1.165) is 0 Å². The number of amides is 1. The molecule has 8 nitrogen and oxygen atoms in total. The molecule has 8 heteroatoms. The fraction of sp³-hybridized carbons (Fsp3) is 0.294. The highest BCUT2D eigenvalue weighted by Crippen LogP contribution is 2.35. The van der Waals surface area contributed by atoms with Crippen LogP contribution in [0.1, 0.15) is 16.2 Å². The van der Waals surface area contributed by atoms with Crippen LogP contribution in [0.4, 0.5) is 0 Å². The number of hydrogen-bond donors (Lipinski definition) is 2. The molecular formula is C17H17N3O5. The fourth-order valence-corrected chi connectivity index (χ4v) is 2.78. The first-order valence-electron chi connectivity index (χ1n) is 7.90. The molecule has 2 N–H and O–H groups in total. The fourth-order valence-electron chi connectivity index (χ4n) is 2.78. The molecule has 0 aliphatic carbocycles. The number of aromatic amines is 1. The summed E-state index contributed by atoms with van der Waals surface area (Å²) in [6, 6.07) is 6.69. The lowest BCUT2D eigenvalue weighted by Gasteiger charge is -2.21. The van der Waals surface area contributed by atoms with E-state index in [1.807, 2.05) is 12.2 Å². The number of benzene rings is 1. The molecule has 0 spiro atoms. The van der Waals surface area contributed by atoms with E-state index in [1.54, 1.807) is 29.2 Å². The van der Waals surface area contributed by atoms with E-state index in [2.05, 4.69) is 10.2 Å². The Morgan fingerprint density at radius 1 is 1.36 bits per heavy atom. The van der Waals surface area contributed by atoms with Gasteiger partial charge in [0.1, 0.15) is 12.4 Å². The lowest BCUT2D eigenvalue weighted by atomic mass is 10.2. The molecule has 0 bridgehead atoms. The van der Waals surface area contributed by atoms with E-state index in [-0.39, 0.29) is 32.0 Å². The quantitative estimate of drug-likeness (QED) is 0.789. The van der Waals surface area contributed by atoms with E-state index < -0.39 is 0 Å². The molecule has 25 heavy (non-hydrogen) atoms. The molecule has 1 atom stereocenters. The minimum atomic E-state index is -0.294. The number of carbonyl (C=O) groups excluding carboxylic acids is 1. The van der Waals surface area contributed by atoms with Crippen molar-refractivity contribution in [3.8, 4) is 17.2 Å². The number of rotatable bonds is 5. The SMILES string of the molecule is O=C(c1cc(COc2ccc3c(c2)OCO3)[nH]n1)N1CC=C[C@H]1CO. The van der Waals surface area contributed by atoms with Crippen molar-refractivity contribution >= 4 is 5.91 Å². The number of carbonyl (C=O) groups is 1. The number of ether oxygens (including phenoxy) is 3. The van der Waals surface area contributed by atoms with Crippen molar-refractivity contribution in [2.45, 2.75) is 12.6 Å². The molecule has 0 saturated carbocycles. The van der Waals surface area contributed by atoms with Crippen LogP contribution < -0.4 is 14.2 Å². The summed E-state index contributed by atoms with van der Waals surface area (Å²) in [4.78, 5) is 14.0. The topological polar surface area (TPSA) is 96.9 Å². The van der Waals surface area contributed by atoms with Crippen LogP contribution in [0, 0.1) is 0 Å². The minimum Gasteiger partial charge on any atom is -0.487 e. The molecular weight excluding hydrogens is 326 g/mol. The number of aliphatic hydroxyl groups is 1. The second kappa shape index (κ2) is 6.48. The normalized spacial score (nSPS) is 18.0. The summed E-state index contributed by atoms with van der Waals surface area (Å²) in [5, 5.41) is 16.2. The Labute approximate surface area is 143 Å². The number of aromatic nitrogens is 2. The third-order valence-electron chi connectivity index (χ3n) is 4.10. The van der Waals surface area contributed by atoms with E-state index in [9.17, 15) is 9.90 Å². The highest BCUT2D eigenvalue weighted by atomic mass is 16.7. The van der Waals surface area contributed by atoms with Gasteiger partial charge in [-0.25, -0.2) is 0 Å². The van der Waals surface area contributed by atoms with Crippen molar-refractivity contribution in [2.24, 2.45) is 0 Å². The number of fused-ring (bicyclic) bond motifs is 1. The standard InChI is InChI=1S/C17H17N3O5/c21-8-12-2-1-5-20(12)17(22)14-6-11(18-19-14)9-23-13-3-4-15-16(7-13)25-10-24-15/h1-4,6-7,12,21H,5,8-10H2,(H,18,19)/t12-/m0/s1. The van der Waals surface area contributed by atoms with Crippen molar-refractivity contribution < 1.29 is 24.1 Å². The van der Waals surface area contributed by atoms with Crippen molar-refractivity contribution in [1.29, 1.82) is 0 Å². The smallest absolute Gasteiger partial charge is 0.275 e. The number of nitrogens with zero attached hydrogens (tertiary/aromatic N) is 2. The van der Waals surface area contributed by atoms with E-state index in [1.165, 1.54) is 0 Å². The van der Waals surface area contributed by atoms with Crippen molar-refractivity contribution in [1.82, 2.24) is 15.1 Å². The van der Waals surface area contributed by atoms with Crippen LogP contribution >= 0.6 is 0 Å². The molecule has 2 aliphatic rings. The van der Waals surface area contributed by atoms with Crippen LogP contribution in [0.2, 0.25) is 0 Å². The molecule has 0 unspecified atom stereocenters. The summed E-state index contributed by atoms with van der Waals surface area (Å²) >= 11 is 0. The summed E-state index contributed by atoms with van der Waals surface area (Å²) < 4.78 is 16.3. The van der Waals surface area contributed by atoms with Gasteiger partial charge in [0.15, 0.2) is 17.2 Å². The van der Waals surface area contributed by atoms with Crippen LogP contribution in [-0.4, -0.2) is 52.1 Å². The zero-order valence-electron chi connectivity index (χ0n) is 13.3. The lowest BCUT2D eigenvalue weighted by molar-refractivity contribution is 0.0694. The lowest BCUT2D eigenvalue weighted by Crippen LogP contribution is -2.38. The Kier molecular flexibility index (Phi) is 4.02. The first-order chi connectivity index (χ1) is 12.2. The largest absolute Gasteiger partial charge is 0.487 e. The monoisotopic (exact) mass is 343 g/mol. The Bertz CT molecular complexity index is 816. The minimum absolute atomic E-state index is 0.104. The average molecular weight is 343 g/mol. The molecule has 0 radical (unpaired) electrons. The average Bonchev–Trinajstić information content (AvgIpc) is 3.38. The first-order valence-corrected chi connectivity index (χ1v) is 7.90. The number of H-pyrrole nitrogens is 1.